The first-order valence-corrected chi connectivity index (χ1v) is 7.14. The largest absolute Gasteiger partial charge is 0.445 e. The summed E-state index contributed by atoms with van der Waals surface area (Å²) in [5.41, 5.74) is 1.52. The Morgan fingerprint density at radius 1 is 1.26 bits per heavy atom. The highest BCUT2D eigenvalue weighted by atomic mass is 32.2. The molecule has 0 spiro atoms. The van der Waals surface area contributed by atoms with Crippen LogP contribution in [0.15, 0.2) is 45.9 Å². The predicted octanol–water partition coefficient (Wildman–Crippen LogP) is 1.91. The number of hydrogen-bond donors (Lipinski definition) is 1. The Morgan fingerprint density at radius 3 is 2.58 bits per heavy atom. The number of furan rings is 1. The maximum Gasteiger partial charge on any atom is 0.297 e. The maximum absolute atomic E-state index is 12.3. The average molecular weight is 281 g/mol. The lowest BCUT2D eigenvalue weighted by atomic mass is 10.2. The van der Waals surface area contributed by atoms with Gasteiger partial charge in [0.05, 0.1) is 5.69 Å². The number of anilines is 1. The lowest BCUT2D eigenvalue weighted by molar-refractivity contribution is 0.236. The smallest absolute Gasteiger partial charge is 0.297 e. The van der Waals surface area contributed by atoms with Crippen LogP contribution in [0.1, 0.15) is 11.3 Å². The van der Waals surface area contributed by atoms with Crippen molar-refractivity contribution in [3.63, 3.8) is 0 Å². The highest BCUT2D eigenvalue weighted by Crippen LogP contribution is 2.24. The fourth-order valence-electron chi connectivity index (χ4n) is 1.68. The molecule has 0 aliphatic rings. The van der Waals surface area contributed by atoms with E-state index in [4.69, 9.17) is 9.52 Å². The van der Waals surface area contributed by atoms with Crippen molar-refractivity contribution in [1.82, 2.24) is 0 Å². The molecule has 19 heavy (non-hydrogen) atoms. The van der Waals surface area contributed by atoms with Gasteiger partial charge in [0.1, 0.15) is 12.4 Å². The molecule has 5 nitrogen and oxygen atoms in total. The SMILES string of the molecule is Cc1cccc(N(C)S(=O)(=O)c2ccc(CO)o2)c1. The van der Waals surface area contributed by atoms with Crippen LogP contribution in [-0.2, 0) is 16.6 Å². The van der Waals surface area contributed by atoms with Crippen molar-refractivity contribution < 1.29 is 17.9 Å². The second kappa shape index (κ2) is 5.07. The summed E-state index contributed by atoms with van der Waals surface area (Å²) >= 11 is 0. The minimum absolute atomic E-state index is 0.180. The van der Waals surface area contributed by atoms with Gasteiger partial charge in [0, 0.05) is 7.05 Å². The van der Waals surface area contributed by atoms with Crippen molar-refractivity contribution in [2.24, 2.45) is 0 Å². The standard InChI is InChI=1S/C13H15NO4S/c1-10-4-3-5-11(8-10)14(2)19(16,17)13-7-6-12(9-15)18-13/h3-8,15H,9H2,1-2H3. The fourth-order valence-corrected chi connectivity index (χ4v) is 2.79. The molecule has 0 aliphatic heterocycles. The van der Waals surface area contributed by atoms with E-state index in [1.54, 1.807) is 18.2 Å². The summed E-state index contributed by atoms with van der Waals surface area (Å²) in [6.07, 6.45) is 0. The molecule has 0 radical (unpaired) electrons. The van der Waals surface area contributed by atoms with E-state index in [1.807, 2.05) is 13.0 Å². The number of aliphatic hydroxyl groups is 1. The molecule has 2 rings (SSSR count). The first-order chi connectivity index (χ1) is 8.95. The van der Waals surface area contributed by atoms with Gasteiger partial charge in [0.25, 0.3) is 10.0 Å². The van der Waals surface area contributed by atoms with Crippen LogP contribution < -0.4 is 4.31 Å². The molecule has 0 saturated carbocycles. The van der Waals surface area contributed by atoms with Gasteiger partial charge in [-0.1, -0.05) is 12.1 Å². The van der Waals surface area contributed by atoms with Gasteiger partial charge in [0.2, 0.25) is 5.09 Å². The zero-order chi connectivity index (χ0) is 14.0. The zero-order valence-corrected chi connectivity index (χ0v) is 11.5. The molecule has 0 aliphatic carbocycles. The van der Waals surface area contributed by atoms with E-state index in [-0.39, 0.29) is 17.5 Å². The summed E-state index contributed by atoms with van der Waals surface area (Å²) in [7, 11) is -2.28. The molecule has 1 N–H and O–H groups in total. The van der Waals surface area contributed by atoms with Gasteiger partial charge in [-0.3, -0.25) is 4.31 Å². The van der Waals surface area contributed by atoms with Crippen LogP contribution in [-0.4, -0.2) is 20.6 Å². The quantitative estimate of drug-likeness (QED) is 0.929. The summed E-state index contributed by atoms with van der Waals surface area (Å²) in [4.78, 5) is 0. The van der Waals surface area contributed by atoms with Gasteiger partial charge >= 0.3 is 0 Å². The van der Waals surface area contributed by atoms with Crippen LogP contribution in [0.25, 0.3) is 0 Å². The summed E-state index contributed by atoms with van der Waals surface area (Å²) in [6.45, 7) is 1.56. The van der Waals surface area contributed by atoms with Gasteiger partial charge in [-0.2, -0.15) is 8.42 Å². The number of sulfonamides is 1. The van der Waals surface area contributed by atoms with Crippen LogP contribution in [0.2, 0.25) is 0 Å². The molecule has 0 atom stereocenters. The second-order valence-corrected chi connectivity index (χ2v) is 6.09. The van der Waals surface area contributed by atoms with E-state index in [0.29, 0.717) is 5.69 Å². The number of aliphatic hydroxyl groups excluding tert-OH is 1. The second-order valence-electron chi connectivity index (χ2n) is 4.19. The van der Waals surface area contributed by atoms with E-state index >= 15 is 0 Å². The molecule has 1 aromatic carbocycles. The molecule has 0 fully saturated rings. The van der Waals surface area contributed by atoms with Crippen molar-refractivity contribution in [3.8, 4) is 0 Å². The fraction of sp³-hybridized carbons (Fsp3) is 0.231. The first kappa shape index (κ1) is 13.6. The molecule has 6 heteroatoms. The summed E-state index contributed by atoms with van der Waals surface area (Å²) < 4.78 is 30.9. The van der Waals surface area contributed by atoms with E-state index in [1.165, 1.54) is 19.2 Å². The first-order valence-electron chi connectivity index (χ1n) is 5.70. The van der Waals surface area contributed by atoms with Crippen molar-refractivity contribution in [2.75, 3.05) is 11.4 Å². The minimum Gasteiger partial charge on any atom is -0.445 e. The molecule has 0 amide bonds. The van der Waals surface area contributed by atoms with Crippen molar-refractivity contribution >= 4 is 15.7 Å². The van der Waals surface area contributed by atoms with Crippen LogP contribution in [0, 0.1) is 6.92 Å². The summed E-state index contributed by atoms with van der Waals surface area (Å²) in [6, 6.07) is 9.94. The normalized spacial score (nSPS) is 11.5. The van der Waals surface area contributed by atoms with E-state index in [2.05, 4.69) is 0 Å². The lowest BCUT2D eigenvalue weighted by Crippen LogP contribution is -2.26. The van der Waals surface area contributed by atoms with Crippen LogP contribution in [0.3, 0.4) is 0 Å². The monoisotopic (exact) mass is 281 g/mol. The number of rotatable bonds is 4. The highest BCUT2D eigenvalue weighted by molar-refractivity contribution is 7.92. The number of benzene rings is 1. The number of hydrogen-bond acceptors (Lipinski definition) is 4. The van der Waals surface area contributed by atoms with Gasteiger partial charge in [-0.05, 0) is 36.8 Å². The predicted molar refractivity (Wildman–Crippen MR) is 71.4 cm³/mol. The number of aryl methyl sites for hydroxylation is 1. The van der Waals surface area contributed by atoms with Crippen LogP contribution in [0.4, 0.5) is 5.69 Å². The number of nitrogens with zero attached hydrogens (tertiary/aromatic N) is 1. The Kier molecular flexibility index (Phi) is 3.64. The van der Waals surface area contributed by atoms with Crippen molar-refractivity contribution in [1.29, 1.82) is 0 Å². The third kappa shape index (κ3) is 2.64. The molecular formula is C13H15NO4S. The van der Waals surface area contributed by atoms with Gasteiger partial charge in [-0.25, -0.2) is 0 Å². The molecular weight excluding hydrogens is 266 g/mol. The Labute approximate surface area is 112 Å². The third-order valence-corrected chi connectivity index (χ3v) is 4.43. The van der Waals surface area contributed by atoms with E-state index in [0.717, 1.165) is 9.87 Å². The summed E-state index contributed by atoms with van der Waals surface area (Å²) in [5, 5.41) is 8.73. The zero-order valence-electron chi connectivity index (χ0n) is 10.7. The molecule has 0 bridgehead atoms. The van der Waals surface area contributed by atoms with Crippen LogP contribution >= 0.6 is 0 Å². The Bertz CT molecular complexity index is 675. The molecule has 1 heterocycles. The van der Waals surface area contributed by atoms with E-state index < -0.39 is 10.0 Å². The van der Waals surface area contributed by atoms with Crippen LogP contribution in [0.5, 0.6) is 0 Å². The van der Waals surface area contributed by atoms with Gasteiger partial charge in [-0.15, -0.1) is 0 Å². The average Bonchev–Trinajstić information content (AvgIpc) is 2.87. The Morgan fingerprint density at radius 2 is 2.00 bits per heavy atom. The molecule has 0 saturated heterocycles. The summed E-state index contributed by atoms with van der Waals surface area (Å²) in [5.74, 6) is 0.219. The van der Waals surface area contributed by atoms with Crippen molar-refractivity contribution in [2.45, 2.75) is 18.6 Å². The molecule has 102 valence electrons. The third-order valence-electron chi connectivity index (χ3n) is 2.77. The van der Waals surface area contributed by atoms with Gasteiger partial charge < -0.3 is 9.52 Å². The molecule has 2 aromatic rings. The Balaban J connectivity index is 2.39. The highest BCUT2D eigenvalue weighted by Gasteiger charge is 2.25. The molecule has 0 unspecified atom stereocenters. The van der Waals surface area contributed by atoms with Gasteiger partial charge in [0.15, 0.2) is 0 Å². The minimum atomic E-state index is -3.74. The Hall–Kier alpha value is -1.79. The van der Waals surface area contributed by atoms with E-state index in [9.17, 15) is 8.42 Å². The maximum atomic E-state index is 12.3. The lowest BCUT2D eigenvalue weighted by Gasteiger charge is -2.18. The van der Waals surface area contributed by atoms with Crippen molar-refractivity contribution in [3.05, 3.63) is 47.7 Å². The molecule has 1 aromatic heterocycles. The topological polar surface area (TPSA) is 70.8 Å².